The summed E-state index contributed by atoms with van der Waals surface area (Å²) in [6.45, 7) is 3.97. The van der Waals surface area contributed by atoms with Gasteiger partial charge in [-0.2, -0.15) is 4.72 Å². The summed E-state index contributed by atoms with van der Waals surface area (Å²) in [6, 6.07) is 5.33. The fourth-order valence-corrected chi connectivity index (χ4v) is 7.35. The lowest BCUT2D eigenvalue weighted by molar-refractivity contribution is -0.146. The molecule has 0 radical (unpaired) electrons. The molecule has 31 heavy (non-hydrogen) atoms. The van der Waals surface area contributed by atoms with Gasteiger partial charge in [0.15, 0.2) is 0 Å². The number of carbonyl (C=O) groups is 2. The van der Waals surface area contributed by atoms with Gasteiger partial charge in [0.05, 0.1) is 17.6 Å². The molecule has 2 aliphatic rings. The van der Waals surface area contributed by atoms with Crippen molar-refractivity contribution in [3.8, 4) is 9.75 Å². The molecular formula is C19H22ClN3O5S3. The van der Waals surface area contributed by atoms with Crippen LogP contribution in [-0.4, -0.2) is 75.0 Å². The summed E-state index contributed by atoms with van der Waals surface area (Å²) < 4.78 is 34.3. The zero-order valence-electron chi connectivity index (χ0n) is 16.7. The highest BCUT2D eigenvalue weighted by atomic mass is 35.5. The van der Waals surface area contributed by atoms with Crippen LogP contribution in [0.4, 0.5) is 0 Å². The fourth-order valence-electron chi connectivity index (χ4n) is 3.67. The van der Waals surface area contributed by atoms with Gasteiger partial charge in [-0.1, -0.05) is 11.6 Å². The van der Waals surface area contributed by atoms with Gasteiger partial charge in [-0.05, 0) is 37.6 Å². The van der Waals surface area contributed by atoms with Gasteiger partial charge < -0.3 is 14.5 Å². The summed E-state index contributed by atoms with van der Waals surface area (Å²) in [5.74, 6) is -0.517. The molecule has 8 nitrogen and oxygen atoms in total. The average molecular weight is 504 g/mol. The molecule has 4 heterocycles. The van der Waals surface area contributed by atoms with Gasteiger partial charge in [-0.25, -0.2) is 8.42 Å². The van der Waals surface area contributed by atoms with Gasteiger partial charge in [0, 0.05) is 29.4 Å². The molecule has 0 bridgehead atoms. The highest BCUT2D eigenvalue weighted by Crippen LogP contribution is 2.37. The van der Waals surface area contributed by atoms with Crippen molar-refractivity contribution < 1.29 is 22.7 Å². The Morgan fingerprint density at radius 1 is 1.16 bits per heavy atom. The number of nitrogens with one attached hydrogen (secondary N) is 1. The van der Waals surface area contributed by atoms with E-state index in [4.69, 9.17) is 16.3 Å². The maximum Gasteiger partial charge on any atom is 0.250 e. The fraction of sp³-hybridized carbons (Fsp3) is 0.474. The van der Waals surface area contributed by atoms with Crippen molar-refractivity contribution in [2.75, 3.05) is 32.8 Å². The SMILES string of the molecule is C[C@@H](C(=O)N1CCOCC1)N1CC[C@H](NS(=O)(=O)c2ccc(-c3ccc(Cl)s3)s2)C1=O. The summed E-state index contributed by atoms with van der Waals surface area (Å²) in [7, 11) is -3.87. The molecule has 2 aromatic heterocycles. The molecule has 0 unspecified atom stereocenters. The van der Waals surface area contributed by atoms with E-state index in [1.54, 1.807) is 24.0 Å². The van der Waals surface area contributed by atoms with Crippen molar-refractivity contribution in [2.24, 2.45) is 0 Å². The molecule has 2 saturated heterocycles. The first kappa shape index (κ1) is 22.7. The average Bonchev–Trinajstić information content (AvgIpc) is 3.49. The van der Waals surface area contributed by atoms with Crippen LogP contribution in [-0.2, 0) is 24.3 Å². The van der Waals surface area contributed by atoms with Gasteiger partial charge in [0.2, 0.25) is 11.8 Å². The van der Waals surface area contributed by atoms with Crippen LogP contribution < -0.4 is 4.72 Å². The first-order valence-corrected chi connectivity index (χ1v) is 13.3. The Balaban J connectivity index is 1.42. The van der Waals surface area contributed by atoms with Gasteiger partial charge in [-0.15, -0.1) is 22.7 Å². The zero-order chi connectivity index (χ0) is 22.2. The molecule has 0 aliphatic carbocycles. The maximum absolute atomic E-state index is 12.9. The second-order valence-corrected chi connectivity index (χ2v) is 12.1. The van der Waals surface area contributed by atoms with Crippen LogP contribution in [0.1, 0.15) is 13.3 Å². The van der Waals surface area contributed by atoms with E-state index >= 15 is 0 Å². The molecule has 12 heteroatoms. The number of rotatable bonds is 6. The van der Waals surface area contributed by atoms with E-state index in [0.29, 0.717) is 43.6 Å². The summed E-state index contributed by atoms with van der Waals surface area (Å²) >= 11 is 8.46. The van der Waals surface area contributed by atoms with Crippen LogP contribution in [0.15, 0.2) is 28.5 Å². The minimum atomic E-state index is -3.87. The molecular weight excluding hydrogens is 482 g/mol. The lowest BCUT2D eigenvalue weighted by Crippen LogP contribution is -2.52. The molecule has 1 N–H and O–H groups in total. The van der Waals surface area contributed by atoms with E-state index in [1.807, 2.05) is 6.07 Å². The number of halogens is 1. The molecule has 2 aromatic rings. The molecule has 4 rings (SSSR count). The smallest absolute Gasteiger partial charge is 0.250 e. The van der Waals surface area contributed by atoms with Crippen LogP contribution in [0.25, 0.3) is 9.75 Å². The Morgan fingerprint density at radius 2 is 1.84 bits per heavy atom. The van der Waals surface area contributed by atoms with E-state index < -0.39 is 22.1 Å². The number of nitrogens with zero attached hydrogens (tertiary/aromatic N) is 2. The van der Waals surface area contributed by atoms with Gasteiger partial charge >= 0.3 is 0 Å². The number of sulfonamides is 1. The number of hydrogen-bond acceptors (Lipinski definition) is 7. The summed E-state index contributed by atoms with van der Waals surface area (Å²) in [6.07, 6.45) is 0.317. The predicted octanol–water partition coefficient (Wildman–Crippen LogP) is 2.26. The monoisotopic (exact) mass is 503 g/mol. The van der Waals surface area contributed by atoms with Crippen LogP contribution in [0.5, 0.6) is 0 Å². The van der Waals surface area contributed by atoms with Gasteiger partial charge in [-0.3, -0.25) is 9.59 Å². The molecule has 2 aliphatic heterocycles. The molecule has 2 atom stereocenters. The number of thiophene rings is 2. The van der Waals surface area contributed by atoms with Crippen molar-refractivity contribution in [2.45, 2.75) is 29.6 Å². The molecule has 2 fully saturated rings. The number of amides is 2. The van der Waals surface area contributed by atoms with E-state index in [2.05, 4.69) is 4.72 Å². The van der Waals surface area contributed by atoms with Crippen LogP contribution in [0.3, 0.4) is 0 Å². The van der Waals surface area contributed by atoms with Crippen LogP contribution >= 0.6 is 34.3 Å². The van der Waals surface area contributed by atoms with Crippen molar-refractivity contribution in [3.63, 3.8) is 0 Å². The topological polar surface area (TPSA) is 96.0 Å². The van der Waals surface area contributed by atoms with Gasteiger partial charge in [0.1, 0.15) is 16.3 Å². The maximum atomic E-state index is 12.9. The third kappa shape index (κ3) is 4.81. The third-order valence-electron chi connectivity index (χ3n) is 5.35. The quantitative estimate of drug-likeness (QED) is 0.652. The minimum Gasteiger partial charge on any atom is -0.378 e. The van der Waals surface area contributed by atoms with E-state index in [0.717, 1.165) is 21.1 Å². The highest BCUT2D eigenvalue weighted by Gasteiger charge is 2.40. The number of ether oxygens (including phenoxy) is 1. The van der Waals surface area contributed by atoms with E-state index in [9.17, 15) is 18.0 Å². The lowest BCUT2D eigenvalue weighted by atomic mass is 10.2. The molecule has 0 aromatic carbocycles. The van der Waals surface area contributed by atoms with Crippen molar-refractivity contribution in [1.29, 1.82) is 0 Å². The second kappa shape index (κ2) is 9.16. The molecule has 0 saturated carbocycles. The minimum absolute atomic E-state index is 0.135. The third-order valence-corrected chi connectivity index (χ3v) is 9.82. The number of likely N-dealkylation sites (tertiary alicyclic amines) is 1. The van der Waals surface area contributed by atoms with Crippen LogP contribution in [0, 0.1) is 0 Å². The Hall–Kier alpha value is -1.50. The predicted molar refractivity (Wildman–Crippen MR) is 120 cm³/mol. The van der Waals surface area contributed by atoms with Crippen molar-refractivity contribution in [1.82, 2.24) is 14.5 Å². The summed E-state index contributed by atoms with van der Waals surface area (Å²) in [4.78, 5) is 30.4. The van der Waals surface area contributed by atoms with Gasteiger partial charge in [0.25, 0.3) is 10.0 Å². The van der Waals surface area contributed by atoms with E-state index in [1.165, 1.54) is 22.3 Å². The van der Waals surface area contributed by atoms with E-state index in [-0.39, 0.29) is 16.0 Å². The molecule has 168 valence electrons. The Labute approximate surface area is 193 Å². The van der Waals surface area contributed by atoms with Crippen molar-refractivity contribution in [3.05, 3.63) is 28.6 Å². The first-order chi connectivity index (χ1) is 14.8. The molecule has 0 spiro atoms. The Bertz CT molecular complexity index is 1080. The number of carbonyl (C=O) groups excluding carboxylic acids is 2. The lowest BCUT2D eigenvalue weighted by Gasteiger charge is -2.32. The number of hydrogen-bond donors (Lipinski definition) is 1. The second-order valence-electron chi connectivity index (χ2n) is 7.33. The normalized spacial score (nSPS) is 21.0. The Kier molecular flexibility index (Phi) is 6.71. The largest absolute Gasteiger partial charge is 0.378 e. The summed E-state index contributed by atoms with van der Waals surface area (Å²) in [5, 5.41) is 0. The standard InChI is InChI=1S/C19H22ClN3O5S3/c1-12(18(24)22-8-10-28-11-9-22)23-7-6-13(19(23)25)21-31(26,27)17-5-3-15(30-17)14-2-4-16(20)29-14/h2-5,12-13,21H,6-11H2,1H3/t12-,13-/m0/s1. The summed E-state index contributed by atoms with van der Waals surface area (Å²) in [5.41, 5.74) is 0. The molecule has 2 amide bonds. The zero-order valence-corrected chi connectivity index (χ0v) is 20.0. The highest BCUT2D eigenvalue weighted by molar-refractivity contribution is 7.91. The number of morpholine rings is 1. The first-order valence-electron chi connectivity index (χ1n) is 9.81. The van der Waals surface area contributed by atoms with Crippen molar-refractivity contribution >= 4 is 56.1 Å². The Morgan fingerprint density at radius 3 is 2.52 bits per heavy atom. The van der Waals surface area contributed by atoms with Crippen LogP contribution in [0.2, 0.25) is 4.34 Å².